The molecule has 0 unspecified atom stereocenters. The van der Waals surface area contributed by atoms with E-state index in [4.69, 9.17) is 14.5 Å². The van der Waals surface area contributed by atoms with Gasteiger partial charge in [-0.3, -0.25) is 15.1 Å². The van der Waals surface area contributed by atoms with E-state index in [-0.39, 0.29) is 12.1 Å². The molecule has 0 aliphatic rings. The molecular formula is C27H27IN2O5. The van der Waals surface area contributed by atoms with Gasteiger partial charge < -0.3 is 9.47 Å². The summed E-state index contributed by atoms with van der Waals surface area (Å²) in [5.74, 6) is -0.223. The molecule has 182 valence electrons. The standard InChI is InChI=1S/C27H27IN2O5/c1-27(2,3)35-26(31)22(17-21-23(30(32)33)15-10-16-24(21)34-18-28)29-25(19-11-6-4-7-12-19)20-13-8-5-9-14-20/h4-16,22H,17-18H2,1-3H3/t22-/m0/s1. The lowest BCUT2D eigenvalue weighted by atomic mass is 9.99. The van der Waals surface area contributed by atoms with Crippen LogP contribution < -0.4 is 4.74 Å². The van der Waals surface area contributed by atoms with E-state index < -0.39 is 22.5 Å². The number of rotatable bonds is 9. The number of hydrogen-bond donors (Lipinski definition) is 0. The zero-order chi connectivity index (χ0) is 25.4. The maximum atomic E-state index is 13.4. The second kappa shape index (κ2) is 11.9. The van der Waals surface area contributed by atoms with Crippen molar-refractivity contribution in [3.8, 4) is 5.75 Å². The van der Waals surface area contributed by atoms with Crippen molar-refractivity contribution in [3.05, 3.63) is 106 Å². The lowest BCUT2D eigenvalue weighted by Crippen LogP contribution is -2.33. The molecule has 0 aliphatic heterocycles. The molecule has 0 aromatic heterocycles. The normalized spacial score (nSPS) is 11.9. The van der Waals surface area contributed by atoms with Gasteiger partial charge in [0.2, 0.25) is 0 Å². The molecule has 0 aliphatic carbocycles. The average molecular weight is 586 g/mol. The van der Waals surface area contributed by atoms with E-state index in [0.29, 0.717) is 21.6 Å². The van der Waals surface area contributed by atoms with Crippen LogP contribution in [0.4, 0.5) is 5.69 Å². The molecule has 3 aromatic rings. The topological polar surface area (TPSA) is 91.0 Å². The van der Waals surface area contributed by atoms with Gasteiger partial charge in [-0.05, 0) is 49.4 Å². The van der Waals surface area contributed by atoms with Crippen LogP contribution in [0, 0.1) is 10.1 Å². The fourth-order valence-electron chi connectivity index (χ4n) is 3.53. The molecule has 3 aromatic carbocycles. The molecule has 0 bridgehead atoms. The highest BCUT2D eigenvalue weighted by Crippen LogP contribution is 2.31. The molecule has 0 spiro atoms. The van der Waals surface area contributed by atoms with Gasteiger partial charge in [-0.1, -0.05) is 66.7 Å². The third-order valence-corrected chi connectivity index (χ3v) is 5.28. The summed E-state index contributed by atoms with van der Waals surface area (Å²) in [6.45, 7) is 5.32. The second-order valence-corrected chi connectivity index (χ2v) is 9.35. The van der Waals surface area contributed by atoms with E-state index in [1.807, 2.05) is 83.3 Å². The van der Waals surface area contributed by atoms with Gasteiger partial charge in [-0.25, -0.2) is 4.79 Å². The summed E-state index contributed by atoms with van der Waals surface area (Å²) >= 11 is 2.03. The summed E-state index contributed by atoms with van der Waals surface area (Å²) in [6.07, 6.45) is -0.0544. The Hall–Kier alpha value is -3.27. The van der Waals surface area contributed by atoms with Gasteiger partial charge in [0, 0.05) is 23.6 Å². The number of nitro benzene ring substituents is 1. The Labute approximate surface area is 218 Å². The molecule has 35 heavy (non-hydrogen) atoms. The number of benzene rings is 3. The molecule has 7 nitrogen and oxygen atoms in total. The summed E-state index contributed by atoms with van der Waals surface area (Å²) in [4.78, 5) is 29.6. The number of carbonyl (C=O) groups is 1. The second-order valence-electron chi connectivity index (χ2n) is 8.73. The number of halogens is 1. The van der Waals surface area contributed by atoms with Crippen LogP contribution in [0.2, 0.25) is 0 Å². The van der Waals surface area contributed by atoms with Crippen LogP contribution in [0.25, 0.3) is 0 Å². The zero-order valence-electron chi connectivity index (χ0n) is 19.8. The van der Waals surface area contributed by atoms with E-state index in [1.165, 1.54) is 6.07 Å². The lowest BCUT2D eigenvalue weighted by Gasteiger charge is -2.23. The Morgan fingerprint density at radius 3 is 2.03 bits per heavy atom. The highest BCUT2D eigenvalue weighted by molar-refractivity contribution is 14.1. The van der Waals surface area contributed by atoms with Gasteiger partial charge in [0.1, 0.15) is 16.0 Å². The largest absolute Gasteiger partial charge is 0.483 e. The van der Waals surface area contributed by atoms with E-state index >= 15 is 0 Å². The van der Waals surface area contributed by atoms with Gasteiger partial charge in [0.15, 0.2) is 6.04 Å². The predicted octanol–water partition coefficient (Wildman–Crippen LogP) is 6.16. The maximum Gasteiger partial charge on any atom is 0.331 e. The zero-order valence-corrected chi connectivity index (χ0v) is 22.0. The molecular weight excluding hydrogens is 559 g/mol. The van der Waals surface area contributed by atoms with Gasteiger partial charge >= 0.3 is 5.97 Å². The van der Waals surface area contributed by atoms with Crippen molar-refractivity contribution < 1.29 is 19.2 Å². The van der Waals surface area contributed by atoms with Crippen molar-refractivity contribution >= 4 is 40.0 Å². The number of nitro groups is 1. The molecule has 3 rings (SSSR count). The number of nitrogens with zero attached hydrogens (tertiary/aromatic N) is 2. The number of esters is 1. The van der Waals surface area contributed by atoms with Crippen LogP contribution in [0.15, 0.2) is 83.9 Å². The Kier molecular flexibility index (Phi) is 8.97. The van der Waals surface area contributed by atoms with Crippen LogP contribution in [0.3, 0.4) is 0 Å². The fourth-order valence-corrected chi connectivity index (χ4v) is 3.87. The molecule has 0 saturated carbocycles. The first-order valence-corrected chi connectivity index (χ1v) is 12.6. The lowest BCUT2D eigenvalue weighted by molar-refractivity contribution is -0.385. The highest BCUT2D eigenvalue weighted by Gasteiger charge is 2.30. The van der Waals surface area contributed by atoms with E-state index in [2.05, 4.69) is 0 Å². The Morgan fingerprint density at radius 1 is 0.971 bits per heavy atom. The third kappa shape index (κ3) is 7.35. The molecule has 0 amide bonds. The SMILES string of the molecule is CC(C)(C)OC(=O)[C@H](Cc1c(OCI)cccc1[N+](=O)[O-])N=C(c1ccccc1)c1ccccc1. The van der Waals surface area contributed by atoms with Crippen LogP contribution in [-0.2, 0) is 16.0 Å². The Balaban J connectivity index is 2.18. The number of carbonyl (C=O) groups excluding carboxylic acids is 1. The minimum Gasteiger partial charge on any atom is -0.483 e. The molecule has 0 heterocycles. The number of aliphatic imine (C=N–C) groups is 1. The number of ether oxygens (including phenoxy) is 2. The quantitative estimate of drug-likeness (QED) is 0.0749. The van der Waals surface area contributed by atoms with Crippen molar-refractivity contribution in [2.75, 3.05) is 4.61 Å². The van der Waals surface area contributed by atoms with Crippen molar-refractivity contribution in [2.45, 2.75) is 38.8 Å². The fraction of sp³-hybridized carbons (Fsp3) is 0.259. The Morgan fingerprint density at radius 2 is 1.54 bits per heavy atom. The first kappa shape index (κ1) is 26.3. The summed E-state index contributed by atoms with van der Waals surface area (Å²) in [5.41, 5.74) is 1.65. The van der Waals surface area contributed by atoms with Crippen molar-refractivity contribution in [1.82, 2.24) is 0 Å². The van der Waals surface area contributed by atoms with Crippen molar-refractivity contribution in [3.63, 3.8) is 0 Å². The van der Waals surface area contributed by atoms with Gasteiger partial charge in [0.25, 0.3) is 5.69 Å². The van der Waals surface area contributed by atoms with E-state index in [1.54, 1.807) is 32.9 Å². The Bertz CT molecular complexity index is 1150. The number of hydrogen-bond acceptors (Lipinski definition) is 6. The molecule has 8 heteroatoms. The van der Waals surface area contributed by atoms with E-state index in [0.717, 1.165) is 11.1 Å². The van der Waals surface area contributed by atoms with Crippen LogP contribution >= 0.6 is 22.6 Å². The average Bonchev–Trinajstić information content (AvgIpc) is 2.82. The molecule has 0 N–H and O–H groups in total. The summed E-state index contributed by atoms with van der Waals surface area (Å²) in [5, 5.41) is 11.8. The summed E-state index contributed by atoms with van der Waals surface area (Å²) in [7, 11) is 0. The predicted molar refractivity (Wildman–Crippen MR) is 144 cm³/mol. The smallest absolute Gasteiger partial charge is 0.331 e. The van der Waals surface area contributed by atoms with Crippen LogP contribution in [-0.4, -0.2) is 32.9 Å². The van der Waals surface area contributed by atoms with Crippen molar-refractivity contribution in [2.24, 2.45) is 4.99 Å². The summed E-state index contributed by atoms with van der Waals surface area (Å²) < 4.78 is 11.6. The monoisotopic (exact) mass is 586 g/mol. The van der Waals surface area contributed by atoms with Crippen LogP contribution in [0.1, 0.15) is 37.5 Å². The first-order chi connectivity index (χ1) is 16.7. The minimum atomic E-state index is -1.04. The highest BCUT2D eigenvalue weighted by atomic mass is 127. The van der Waals surface area contributed by atoms with Crippen molar-refractivity contribution in [1.29, 1.82) is 0 Å². The van der Waals surface area contributed by atoms with Gasteiger partial charge in [-0.15, -0.1) is 0 Å². The summed E-state index contributed by atoms with van der Waals surface area (Å²) in [6, 6.07) is 22.6. The minimum absolute atomic E-state index is 0.0544. The first-order valence-electron chi connectivity index (χ1n) is 11.1. The molecule has 0 radical (unpaired) electrons. The van der Waals surface area contributed by atoms with E-state index in [9.17, 15) is 14.9 Å². The van der Waals surface area contributed by atoms with Gasteiger partial charge in [0.05, 0.1) is 16.2 Å². The third-order valence-electron chi connectivity index (χ3n) is 4.97. The van der Waals surface area contributed by atoms with Gasteiger partial charge in [-0.2, -0.15) is 0 Å². The maximum absolute atomic E-state index is 13.4. The molecule has 1 atom stereocenters. The number of alkyl halides is 1. The van der Waals surface area contributed by atoms with Crippen LogP contribution in [0.5, 0.6) is 5.75 Å². The molecule has 0 fully saturated rings. The molecule has 0 saturated heterocycles.